The summed E-state index contributed by atoms with van der Waals surface area (Å²) in [6.07, 6.45) is -0.00463. The predicted molar refractivity (Wildman–Crippen MR) is 24.0 cm³/mol. The van der Waals surface area contributed by atoms with Gasteiger partial charge in [0.05, 0.1) is 0 Å². The number of ketones is 2. The molecule has 2 nitrogen and oxygen atoms in total. The maximum atomic E-state index is 11.9. The number of hydrogen-bond acceptors (Lipinski definition) is 2. The number of alkyl halides is 1. The average Bonchev–Trinajstić information content (AvgIpc) is 1.98. The van der Waals surface area contributed by atoms with Crippen LogP contribution in [0.1, 0.15) is 0 Å². The van der Waals surface area contributed by atoms with Gasteiger partial charge in [0.2, 0.25) is 6.17 Å². The second kappa shape index (κ2) is 1.51. The van der Waals surface area contributed by atoms with Gasteiger partial charge in [0.15, 0.2) is 11.6 Å². The van der Waals surface area contributed by atoms with Crippen molar-refractivity contribution in [2.45, 2.75) is 6.17 Å². The summed E-state index contributed by atoms with van der Waals surface area (Å²) in [5.74, 6) is -1.48. The minimum atomic E-state index is -1.91. The molecular weight excluding hydrogens is 110 g/mol. The zero-order valence-electron chi connectivity index (χ0n) is 3.93. The molecule has 0 heterocycles. The van der Waals surface area contributed by atoms with E-state index in [1.54, 1.807) is 0 Å². The van der Waals surface area contributed by atoms with Crippen molar-refractivity contribution in [3.05, 3.63) is 12.2 Å². The van der Waals surface area contributed by atoms with Gasteiger partial charge >= 0.3 is 0 Å². The van der Waals surface area contributed by atoms with Crippen LogP contribution in [0.4, 0.5) is 4.39 Å². The molecule has 8 heavy (non-hydrogen) atoms. The van der Waals surface area contributed by atoms with Gasteiger partial charge in [-0.2, -0.15) is 0 Å². The Balaban J connectivity index is 2.84. The Morgan fingerprint density at radius 2 is 1.62 bits per heavy atom. The Morgan fingerprint density at radius 1 is 1.25 bits per heavy atom. The molecule has 1 rings (SSSR count). The van der Waals surface area contributed by atoms with Crippen LogP contribution in [-0.4, -0.2) is 17.7 Å². The zero-order valence-corrected chi connectivity index (χ0v) is 3.93. The molecule has 42 valence electrons. The van der Waals surface area contributed by atoms with E-state index in [0.717, 1.165) is 12.2 Å². The maximum Gasteiger partial charge on any atom is 0.224 e. The lowest BCUT2D eigenvalue weighted by molar-refractivity contribution is -0.126. The van der Waals surface area contributed by atoms with E-state index >= 15 is 0 Å². The van der Waals surface area contributed by atoms with E-state index in [1.807, 2.05) is 0 Å². The molecule has 1 aliphatic carbocycles. The molecule has 0 fully saturated rings. The standard InChI is InChI=1S/C5H3FO2/c6-5-3(7)1-2-4(5)8/h1-2,5H/i6-1. The first-order valence-electron chi connectivity index (χ1n) is 2.11. The van der Waals surface area contributed by atoms with Gasteiger partial charge in [0.25, 0.3) is 0 Å². The number of halogens is 1. The van der Waals surface area contributed by atoms with Crippen LogP contribution in [0.3, 0.4) is 0 Å². The van der Waals surface area contributed by atoms with Crippen LogP contribution < -0.4 is 0 Å². The van der Waals surface area contributed by atoms with Crippen molar-refractivity contribution in [2.75, 3.05) is 0 Å². The van der Waals surface area contributed by atoms with Crippen LogP contribution in [0.25, 0.3) is 0 Å². The number of carbonyl (C=O) groups excluding carboxylic acids is 2. The summed E-state index contributed by atoms with van der Waals surface area (Å²) < 4.78 is 11.9. The van der Waals surface area contributed by atoms with Crippen LogP contribution in [0.2, 0.25) is 0 Å². The van der Waals surface area contributed by atoms with Crippen molar-refractivity contribution >= 4 is 11.6 Å². The largest absolute Gasteiger partial charge is 0.291 e. The van der Waals surface area contributed by atoms with Gasteiger partial charge < -0.3 is 0 Å². The van der Waals surface area contributed by atoms with Crippen LogP contribution in [0.15, 0.2) is 12.2 Å². The normalized spacial score (nSPS) is 20.6. The van der Waals surface area contributed by atoms with Gasteiger partial charge in [-0.05, 0) is 12.2 Å². The molecule has 3 heteroatoms. The molecule has 0 saturated carbocycles. The third-order valence-electron chi connectivity index (χ3n) is 0.911. The third kappa shape index (κ3) is 0.559. The summed E-state index contributed by atoms with van der Waals surface area (Å²) in [4.78, 5) is 20.2. The summed E-state index contributed by atoms with van der Waals surface area (Å²) in [7, 11) is 0. The van der Waals surface area contributed by atoms with E-state index in [-0.39, 0.29) is 0 Å². The third-order valence-corrected chi connectivity index (χ3v) is 0.911. The predicted octanol–water partition coefficient (Wildman–Crippen LogP) is 0.0325. The first-order valence-corrected chi connectivity index (χ1v) is 2.11. The molecule has 0 spiro atoms. The van der Waals surface area contributed by atoms with Crippen LogP contribution in [-0.2, 0) is 9.59 Å². The fourth-order valence-electron chi connectivity index (χ4n) is 0.473. The van der Waals surface area contributed by atoms with Crippen LogP contribution in [0.5, 0.6) is 0 Å². The van der Waals surface area contributed by atoms with Gasteiger partial charge in [-0.25, -0.2) is 4.39 Å². The van der Waals surface area contributed by atoms with E-state index in [4.69, 9.17) is 0 Å². The molecule has 0 radical (unpaired) electrons. The first kappa shape index (κ1) is 5.15. The molecule has 0 bridgehead atoms. The van der Waals surface area contributed by atoms with Crippen LogP contribution in [0, 0.1) is 0 Å². The van der Waals surface area contributed by atoms with Crippen LogP contribution >= 0.6 is 0 Å². The Hall–Kier alpha value is -0.990. The first-order chi connectivity index (χ1) is 3.72. The summed E-state index contributed by atoms with van der Waals surface area (Å²) in [6, 6.07) is 0. The number of allylic oxidation sites excluding steroid dienone is 2. The van der Waals surface area contributed by atoms with Gasteiger partial charge in [0, 0.05) is 0 Å². The highest BCUT2D eigenvalue weighted by atomic mass is 18.2. The van der Waals surface area contributed by atoms with E-state index in [1.165, 1.54) is 0 Å². The molecule has 0 aliphatic heterocycles. The van der Waals surface area contributed by atoms with Gasteiger partial charge in [-0.3, -0.25) is 9.59 Å². The number of hydrogen-bond donors (Lipinski definition) is 0. The minimum Gasteiger partial charge on any atom is -0.291 e. The summed E-state index contributed by atoms with van der Waals surface area (Å²) >= 11 is 0. The Bertz CT molecular complexity index is 153. The molecule has 0 saturated heterocycles. The molecule has 0 aromatic carbocycles. The van der Waals surface area contributed by atoms with Crippen molar-refractivity contribution in [3.8, 4) is 0 Å². The summed E-state index contributed by atoms with van der Waals surface area (Å²) in [6.45, 7) is 0. The molecular formula is C5H3FO2. The summed E-state index contributed by atoms with van der Waals surface area (Å²) in [5.41, 5.74) is 0. The second-order valence-corrected chi connectivity index (χ2v) is 1.50. The lowest BCUT2D eigenvalue weighted by Gasteiger charge is -1.86. The molecule has 1 aliphatic rings. The molecule has 0 amide bonds. The second-order valence-electron chi connectivity index (χ2n) is 1.50. The fraction of sp³-hybridized carbons (Fsp3) is 0.200. The van der Waals surface area contributed by atoms with Crippen molar-refractivity contribution in [2.24, 2.45) is 0 Å². The quantitative estimate of drug-likeness (QED) is 0.415. The van der Waals surface area contributed by atoms with E-state index < -0.39 is 17.7 Å². The highest BCUT2D eigenvalue weighted by Gasteiger charge is 2.26. The fourth-order valence-corrected chi connectivity index (χ4v) is 0.473. The maximum absolute atomic E-state index is 11.9. The molecule has 0 aromatic heterocycles. The van der Waals surface area contributed by atoms with Crippen molar-refractivity contribution < 1.29 is 14.0 Å². The average molecular weight is 113 g/mol. The number of carbonyl (C=O) groups is 2. The van der Waals surface area contributed by atoms with E-state index in [0.29, 0.717) is 0 Å². The minimum absolute atomic E-state index is 0.741. The topological polar surface area (TPSA) is 34.1 Å². The molecule has 0 unspecified atom stereocenters. The molecule has 0 N–H and O–H groups in total. The lowest BCUT2D eigenvalue weighted by Crippen LogP contribution is -2.15. The van der Waals surface area contributed by atoms with Crippen molar-refractivity contribution in [1.29, 1.82) is 0 Å². The Kier molecular flexibility index (Phi) is 0.970. The Labute approximate surface area is 45.0 Å². The SMILES string of the molecule is O=C1C=CC(=O)C1[18F]. The van der Waals surface area contributed by atoms with Crippen molar-refractivity contribution in [3.63, 3.8) is 0 Å². The smallest absolute Gasteiger partial charge is 0.224 e. The van der Waals surface area contributed by atoms with E-state index in [2.05, 4.69) is 0 Å². The number of rotatable bonds is 0. The molecule has 0 aromatic rings. The highest BCUT2D eigenvalue weighted by molar-refractivity contribution is 6.21. The zero-order chi connectivity index (χ0) is 6.15. The molecule has 0 atom stereocenters. The highest BCUT2D eigenvalue weighted by Crippen LogP contribution is 2.04. The summed E-state index contributed by atoms with van der Waals surface area (Å²) in [5, 5.41) is 0. The lowest BCUT2D eigenvalue weighted by atomic mass is 10.3. The Morgan fingerprint density at radius 3 is 1.75 bits per heavy atom. The van der Waals surface area contributed by atoms with Gasteiger partial charge in [0.1, 0.15) is 0 Å². The van der Waals surface area contributed by atoms with Gasteiger partial charge in [-0.15, -0.1) is 0 Å². The van der Waals surface area contributed by atoms with E-state index in [9.17, 15) is 14.0 Å². The monoisotopic (exact) mass is 113 g/mol. The van der Waals surface area contributed by atoms with Gasteiger partial charge in [-0.1, -0.05) is 0 Å². The van der Waals surface area contributed by atoms with Crippen molar-refractivity contribution in [1.82, 2.24) is 0 Å².